The van der Waals surface area contributed by atoms with Gasteiger partial charge in [0.15, 0.2) is 18.1 Å². The number of Topliss-reactive ketones (excluding diaryl/α,β-unsaturated/α-hetero) is 1. The fourth-order valence-electron chi connectivity index (χ4n) is 3.25. The highest BCUT2D eigenvalue weighted by molar-refractivity contribution is 7.92. The van der Waals surface area contributed by atoms with Gasteiger partial charge in [0.25, 0.3) is 0 Å². The van der Waals surface area contributed by atoms with Crippen LogP contribution in [0.2, 0.25) is 0 Å². The van der Waals surface area contributed by atoms with E-state index < -0.39 is 22.6 Å². The van der Waals surface area contributed by atoms with Gasteiger partial charge in [-0.25, -0.2) is 18.2 Å². The number of thiophene rings is 1. The maximum Gasteiger partial charge on any atom is 0.358 e. The number of hydrogen-bond acceptors (Lipinski definition) is 8. The molecule has 3 heterocycles. The van der Waals surface area contributed by atoms with Crippen molar-refractivity contribution in [1.29, 1.82) is 0 Å². The average molecular weight is 463 g/mol. The molecule has 1 aliphatic heterocycles. The molecule has 30 heavy (non-hydrogen) atoms. The summed E-state index contributed by atoms with van der Waals surface area (Å²) in [5, 5.41) is 4.27. The van der Waals surface area contributed by atoms with Crippen LogP contribution in [0.3, 0.4) is 0 Å². The molecular weight excluding hydrogens is 444 g/mol. The number of carbonyl (C=O) groups excluding carboxylic acids is 2. The van der Waals surface area contributed by atoms with Gasteiger partial charge >= 0.3 is 5.97 Å². The summed E-state index contributed by atoms with van der Waals surface area (Å²) < 4.78 is 30.4. The Kier molecular flexibility index (Phi) is 5.72. The summed E-state index contributed by atoms with van der Waals surface area (Å²) in [6.45, 7) is 0.0249. The van der Waals surface area contributed by atoms with Gasteiger partial charge in [-0.2, -0.15) is 0 Å². The number of hydrogen-bond donors (Lipinski definition) is 0. The van der Waals surface area contributed by atoms with Crippen molar-refractivity contribution in [2.75, 3.05) is 23.7 Å². The molecule has 156 valence electrons. The van der Waals surface area contributed by atoms with Crippen molar-refractivity contribution in [2.24, 2.45) is 0 Å². The van der Waals surface area contributed by atoms with E-state index >= 15 is 0 Å². The maximum absolute atomic E-state index is 12.5. The van der Waals surface area contributed by atoms with Crippen molar-refractivity contribution in [3.8, 4) is 9.88 Å². The highest BCUT2D eigenvalue weighted by Gasteiger charge is 2.25. The van der Waals surface area contributed by atoms with E-state index in [1.54, 1.807) is 23.6 Å². The topological polar surface area (TPSA) is 93.6 Å². The Hall–Kier alpha value is -2.56. The minimum absolute atomic E-state index is 0.172. The lowest BCUT2D eigenvalue weighted by atomic mass is 9.99. The van der Waals surface area contributed by atoms with E-state index in [0.29, 0.717) is 30.6 Å². The quantitative estimate of drug-likeness (QED) is 0.410. The highest BCUT2D eigenvalue weighted by Crippen LogP contribution is 2.30. The predicted molar refractivity (Wildman–Crippen MR) is 117 cm³/mol. The third-order valence-electron chi connectivity index (χ3n) is 4.66. The Bertz CT molecular complexity index is 1200. The first-order valence-corrected chi connectivity index (χ1v) is 12.7. The molecule has 0 spiro atoms. The van der Waals surface area contributed by atoms with Crippen LogP contribution in [-0.4, -0.2) is 44.6 Å². The van der Waals surface area contributed by atoms with E-state index in [2.05, 4.69) is 4.98 Å². The number of benzene rings is 1. The molecule has 2 aromatic heterocycles. The molecule has 0 atom stereocenters. The molecule has 0 N–H and O–H groups in total. The molecule has 7 nitrogen and oxygen atoms in total. The van der Waals surface area contributed by atoms with Crippen LogP contribution in [0.5, 0.6) is 0 Å². The molecule has 0 radical (unpaired) electrons. The number of aryl methyl sites for hydroxylation is 1. The number of fused-ring (bicyclic) bond motifs is 1. The van der Waals surface area contributed by atoms with Crippen LogP contribution in [0.4, 0.5) is 5.69 Å². The zero-order chi connectivity index (χ0) is 21.3. The molecule has 10 heteroatoms. The van der Waals surface area contributed by atoms with Gasteiger partial charge in [0.2, 0.25) is 10.0 Å². The molecule has 0 aliphatic carbocycles. The van der Waals surface area contributed by atoms with Gasteiger partial charge in [-0.15, -0.1) is 22.7 Å². The molecule has 0 amide bonds. The van der Waals surface area contributed by atoms with Gasteiger partial charge in [-0.3, -0.25) is 9.10 Å². The number of sulfonamides is 1. The van der Waals surface area contributed by atoms with Crippen LogP contribution in [0, 0.1) is 0 Å². The van der Waals surface area contributed by atoms with E-state index in [1.165, 1.54) is 33.2 Å². The summed E-state index contributed by atoms with van der Waals surface area (Å²) in [5.74, 6) is -1.00. The van der Waals surface area contributed by atoms with Gasteiger partial charge in [-0.05, 0) is 48.1 Å². The fraction of sp³-hybridized carbons (Fsp3) is 0.250. The Morgan fingerprint density at radius 2 is 2.07 bits per heavy atom. The molecule has 0 saturated heterocycles. The number of anilines is 1. The third-order valence-corrected chi connectivity index (χ3v) is 7.72. The van der Waals surface area contributed by atoms with Crippen molar-refractivity contribution in [1.82, 2.24) is 4.98 Å². The Labute approximate surface area is 182 Å². The molecule has 3 aromatic rings. The number of esters is 1. The summed E-state index contributed by atoms with van der Waals surface area (Å²) >= 11 is 2.87. The predicted octanol–water partition coefficient (Wildman–Crippen LogP) is 3.62. The zero-order valence-electron chi connectivity index (χ0n) is 16.0. The molecule has 1 aromatic carbocycles. The number of nitrogens with zero attached hydrogens (tertiary/aromatic N) is 2. The first-order valence-electron chi connectivity index (χ1n) is 9.13. The number of carbonyl (C=O) groups is 2. The summed E-state index contributed by atoms with van der Waals surface area (Å²) in [5.41, 5.74) is 1.95. The van der Waals surface area contributed by atoms with Crippen LogP contribution >= 0.6 is 22.7 Å². The van der Waals surface area contributed by atoms with Crippen molar-refractivity contribution in [3.05, 3.63) is 57.9 Å². The second-order valence-electron chi connectivity index (χ2n) is 6.80. The first kappa shape index (κ1) is 20.7. The van der Waals surface area contributed by atoms with E-state index in [9.17, 15) is 18.0 Å². The second-order valence-corrected chi connectivity index (χ2v) is 10.5. The van der Waals surface area contributed by atoms with Crippen LogP contribution in [-0.2, 0) is 21.2 Å². The summed E-state index contributed by atoms with van der Waals surface area (Å²) in [4.78, 5) is 30.0. The molecular formula is C20H18N2O5S3. The standard InChI is InChI=1S/C20H18N2O5S3/c1-30(25,26)22-8-2-4-13-10-14(6-7-16(13)22)17(23)11-27-20(24)15-12-29-19(21-15)18-5-3-9-28-18/h3,5-7,9-10,12H,2,4,8,11H2,1H3. The van der Waals surface area contributed by atoms with Gasteiger partial charge in [0.1, 0.15) is 5.01 Å². The highest BCUT2D eigenvalue weighted by atomic mass is 32.2. The molecule has 0 saturated carbocycles. The number of rotatable bonds is 6. The first-order chi connectivity index (χ1) is 14.3. The minimum atomic E-state index is -3.37. The number of thiazole rings is 1. The maximum atomic E-state index is 12.5. The molecule has 4 rings (SSSR count). The summed E-state index contributed by atoms with van der Waals surface area (Å²) in [7, 11) is -3.37. The second kappa shape index (κ2) is 8.29. The van der Waals surface area contributed by atoms with Gasteiger partial charge in [-0.1, -0.05) is 6.07 Å². The van der Waals surface area contributed by atoms with Crippen molar-refractivity contribution < 1.29 is 22.7 Å². The number of ether oxygens (including phenoxy) is 1. The fourth-order valence-corrected chi connectivity index (χ4v) is 5.85. The summed E-state index contributed by atoms with van der Waals surface area (Å²) in [6.07, 6.45) is 2.54. The minimum Gasteiger partial charge on any atom is -0.453 e. The molecule has 1 aliphatic rings. The zero-order valence-corrected chi connectivity index (χ0v) is 18.5. The number of aromatic nitrogens is 1. The van der Waals surface area contributed by atoms with E-state index in [-0.39, 0.29) is 11.5 Å². The smallest absolute Gasteiger partial charge is 0.358 e. The molecule has 0 unspecified atom stereocenters. The molecule has 0 bridgehead atoms. The lowest BCUT2D eigenvalue weighted by Crippen LogP contribution is -2.34. The SMILES string of the molecule is CS(=O)(=O)N1CCCc2cc(C(=O)COC(=O)c3csc(-c4cccs4)n3)ccc21. The van der Waals surface area contributed by atoms with Crippen molar-refractivity contribution in [2.45, 2.75) is 12.8 Å². The van der Waals surface area contributed by atoms with Crippen LogP contribution < -0.4 is 4.31 Å². The van der Waals surface area contributed by atoms with Crippen molar-refractivity contribution >= 4 is 50.1 Å². The van der Waals surface area contributed by atoms with Gasteiger partial charge < -0.3 is 4.74 Å². The monoisotopic (exact) mass is 462 g/mol. The van der Waals surface area contributed by atoms with Crippen LogP contribution in [0.25, 0.3) is 9.88 Å². The van der Waals surface area contributed by atoms with E-state index in [0.717, 1.165) is 15.4 Å². The Morgan fingerprint density at radius 3 is 2.80 bits per heavy atom. The van der Waals surface area contributed by atoms with Crippen LogP contribution in [0.15, 0.2) is 41.1 Å². The Balaban J connectivity index is 1.43. The Morgan fingerprint density at radius 1 is 1.23 bits per heavy atom. The largest absolute Gasteiger partial charge is 0.453 e. The lowest BCUT2D eigenvalue weighted by molar-refractivity contribution is 0.0470. The number of ketones is 1. The summed E-state index contributed by atoms with van der Waals surface area (Å²) in [6, 6.07) is 8.71. The third kappa shape index (κ3) is 4.30. The van der Waals surface area contributed by atoms with Gasteiger partial charge in [0, 0.05) is 17.5 Å². The normalized spacial score (nSPS) is 13.7. The van der Waals surface area contributed by atoms with Crippen molar-refractivity contribution in [3.63, 3.8) is 0 Å². The average Bonchev–Trinajstić information content (AvgIpc) is 3.41. The molecule has 0 fully saturated rings. The van der Waals surface area contributed by atoms with E-state index in [1.807, 2.05) is 17.5 Å². The lowest BCUT2D eigenvalue weighted by Gasteiger charge is -2.29. The van der Waals surface area contributed by atoms with Crippen LogP contribution in [0.1, 0.15) is 32.8 Å². The van der Waals surface area contributed by atoms with Gasteiger partial charge in [0.05, 0.1) is 16.8 Å². The van der Waals surface area contributed by atoms with E-state index in [4.69, 9.17) is 4.74 Å².